The van der Waals surface area contributed by atoms with Gasteiger partial charge in [-0.15, -0.1) is 0 Å². The molecule has 0 saturated carbocycles. The lowest BCUT2D eigenvalue weighted by molar-refractivity contribution is -0.142. The number of hydrogen-bond acceptors (Lipinski definition) is 3. The molecule has 17 heavy (non-hydrogen) atoms. The first-order valence-corrected chi connectivity index (χ1v) is 6.77. The first-order chi connectivity index (χ1) is 8.22. The molecule has 1 fully saturated rings. The van der Waals surface area contributed by atoms with Gasteiger partial charge in [0.15, 0.2) is 0 Å². The summed E-state index contributed by atoms with van der Waals surface area (Å²) in [5.74, 6) is 0.386. The van der Waals surface area contributed by atoms with Crippen LogP contribution in [0.15, 0.2) is 12.2 Å². The molecular formula is C14H25NO2. The van der Waals surface area contributed by atoms with Gasteiger partial charge in [-0.3, -0.25) is 4.79 Å². The molecule has 0 aliphatic carbocycles. The minimum atomic E-state index is -0.131. The molecule has 3 heteroatoms. The molecule has 0 aromatic carbocycles. The number of esters is 1. The van der Waals surface area contributed by atoms with Crippen LogP contribution in [0.5, 0.6) is 0 Å². The van der Waals surface area contributed by atoms with Crippen LogP contribution in [0.1, 0.15) is 39.5 Å². The highest BCUT2D eigenvalue weighted by Gasteiger charge is 2.11. The molecule has 1 saturated heterocycles. The maximum Gasteiger partial charge on any atom is 0.309 e. The van der Waals surface area contributed by atoms with Crippen LogP contribution in [0, 0.1) is 5.92 Å². The van der Waals surface area contributed by atoms with Crippen LogP contribution in [0.4, 0.5) is 0 Å². The Labute approximate surface area is 105 Å². The van der Waals surface area contributed by atoms with Crippen LogP contribution in [0.25, 0.3) is 0 Å². The number of rotatable bonds is 6. The Bertz CT molecular complexity index is 245. The molecule has 0 unspecified atom stereocenters. The lowest BCUT2D eigenvalue weighted by Gasteiger charge is -2.28. The van der Waals surface area contributed by atoms with E-state index in [2.05, 4.69) is 17.9 Å². The zero-order valence-corrected chi connectivity index (χ0v) is 11.2. The Morgan fingerprint density at radius 1 is 1.35 bits per heavy atom. The van der Waals surface area contributed by atoms with E-state index in [9.17, 15) is 4.79 Å². The van der Waals surface area contributed by atoms with Gasteiger partial charge in [0.1, 0.15) is 0 Å². The average Bonchev–Trinajstić information content (AvgIpc) is 2.30. The zero-order chi connectivity index (χ0) is 12.5. The zero-order valence-electron chi connectivity index (χ0n) is 11.2. The summed E-state index contributed by atoms with van der Waals surface area (Å²) in [6.07, 6.45) is 8.51. The predicted octanol–water partition coefficient (Wildman–Crippen LogP) is 2.62. The first-order valence-electron chi connectivity index (χ1n) is 6.77. The van der Waals surface area contributed by atoms with Crippen molar-refractivity contribution in [1.29, 1.82) is 0 Å². The van der Waals surface area contributed by atoms with Gasteiger partial charge in [-0.25, -0.2) is 0 Å². The third-order valence-corrected chi connectivity index (χ3v) is 3.05. The second-order valence-electron chi connectivity index (χ2n) is 4.78. The highest BCUT2D eigenvalue weighted by Crippen LogP contribution is 2.11. The van der Waals surface area contributed by atoms with Crippen molar-refractivity contribution in [1.82, 2.24) is 4.90 Å². The molecule has 0 spiro atoms. The van der Waals surface area contributed by atoms with Gasteiger partial charge >= 0.3 is 5.97 Å². The number of nitrogens with zero attached hydrogens (tertiary/aromatic N) is 1. The number of likely N-dealkylation sites (tertiary alicyclic amines) is 1. The van der Waals surface area contributed by atoms with E-state index in [1.165, 1.54) is 32.4 Å². The summed E-state index contributed by atoms with van der Waals surface area (Å²) >= 11 is 0. The molecule has 0 aromatic rings. The van der Waals surface area contributed by atoms with Crippen molar-refractivity contribution in [2.75, 3.05) is 26.2 Å². The van der Waals surface area contributed by atoms with Crippen molar-refractivity contribution >= 4 is 5.97 Å². The molecule has 0 amide bonds. The molecule has 1 rings (SSSR count). The number of ether oxygens (including phenoxy) is 1. The fourth-order valence-corrected chi connectivity index (χ4v) is 2.23. The van der Waals surface area contributed by atoms with Gasteiger partial charge in [-0.05, 0) is 38.8 Å². The average molecular weight is 239 g/mol. The molecule has 0 radical (unpaired) electrons. The van der Waals surface area contributed by atoms with Crippen molar-refractivity contribution in [2.45, 2.75) is 39.5 Å². The van der Waals surface area contributed by atoms with Gasteiger partial charge in [-0.1, -0.05) is 25.5 Å². The van der Waals surface area contributed by atoms with Crippen LogP contribution in [-0.4, -0.2) is 37.1 Å². The second kappa shape index (κ2) is 8.29. The summed E-state index contributed by atoms with van der Waals surface area (Å²) < 4.78 is 4.87. The highest BCUT2D eigenvalue weighted by molar-refractivity contribution is 5.71. The van der Waals surface area contributed by atoms with Gasteiger partial charge in [0, 0.05) is 6.54 Å². The smallest absolute Gasteiger partial charge is 0.309 e. The fourth-order valence-electron chi connectivity index (χ4n) is 2.23. The van der Waals surface area contributed by atoms with E-state index in [1.807, 2.05) is 13.0 Å². The van der Waals surface area contributed by atoms with E-state index in [0.29, 0.717) is 18.9 Å². The Kier molecular flexibility index (Phi) is 6.94. The molecule has 0 aromatic heterocycles. The molecule has 0 bridgehead atoms. The van der Waals surface area contributed by atoms with E-state index in [4.69, 9.17) is 4.74 Å². The highest BCUT2D eigenvalue weighted by atomic mass is 16.5. The molecule has 0 N–H and O–H groups in total. The van der Waals surface area contributed by atoms with Crippen molar-refractivity contribution in [3.05, 3.63) is 12.2 Å². The summed E-state index contributed by atoms with van der Waals surface area (Å²) in [6.45, 7) is 8.08. The van der Waals surface area contributed by atoms with E-state index >= 15 is 0 Å². The molecule has 1 atom stereocenters. The monoisotopic (exact) mass is 239 g/mol. The summed E-state index contributed by atoms with van der Waals surface area (Å²) in [6, 6.07) is 0. The predicted molar refractivity (Wildman–Crippen MR) is 69.8 cm³/mol. The van der Waals surface area contributed by atoms with E-state index in [0.717, 1.165) is 6.54 Å². The van der Waals surface area contributed by atoms with Gasteiger partial charge in [0.05, 0.1) is 13.0 Å². The fraction of sp³-hybridized carbons (Fsp3) is 0.786. The minimum absolute atomic E-state index is 0.131. The van der Waals surface area contributed by atoms with Crippen LogP contribution in [0.3, 0.4) is 0 Å². The van der Waals surface area contributed by atoms with Crippen molar-refractivity contribution in [3.63, 3.8) is 0 Å². The number of carbonyl (C=O) groups excluding carboxylic acids is 1. The SMILES string of the molecule is CCOC(=O)C/C=C/[C@@H](C)CN1CCCCC1. The van der Waals surface area contributed by atoms with Crippen LogP contribution in [0.2, 0.25) is 0 Å². The van der Waals surface area contributed by atoms with Gasteiger partial charge in [-0.2, -0.15) is 0 Å². The molecule has 98 valence electrons. The standard InChI is InChI=1S/C14H25NO2/c1-3-17-14(16)9-7-8-13(2)12-15-10-5-4-6-11-15/h7-8,13H,3-6,9-12H2,1-2H3/b8-7+/t13-/m1/s1. The number of piperidine rings is 1. The van der Waals surface area contributed by atoms with Gasteiger partial charge in [0.2, 0.25) is 0 Å². The Hall–Kier alpha value is -0.830. The Morgan fingerprint density at radius 2 is 2.06 bits per heavy atom. The topological polar surface area (TPSA) is 29.5 Å². The third-order valence-electron chi connectivity index (χ3n) is 3.05. The molecule has 3 nitrogen and oxygen atoms in total. The maximum absolute atomic E-state index is 11.1. The molecule has 1 heterocycles. The molecular weight excluding hydrogens is 214 g/mol. The van der Waals surface area contributed by atoms with Gasteiger partial charge in [0.25, 0.3) is 0 Å². The van der Waals surface area contributed by atoms with Crippen LogP contribution < -0.4 is 0 Å². The summed E-state index contributed by atoms with van der Waals surface area (Å²) in [5.41, 5.74) is 0. The first kappa shape index (κ1) is 14.2. The normalized spacial score (nSPS) is 19.4. The Balaban J connectivity index is 2.16. The number of carbonyl (C=O) groups is 1. The van der Waals surface area contributed by atoms with Crippen molar-refractivity contribution in [3.8, 4) is 0 Å². The third kappa shape index (κ3) is 6.47. The number of hydrogen-bond donors (Lipinski definition) is 0. The van der Waals surface area contributed by atoms with E-state index in [1.54, 1.807) is 0 Å². The largest absolute Gasteiger partial charge is 0.466 e. The molecule has 1 aliphatic heterocycles. The summed E-state index contributed by atoms with van der Waals surface area (Å²) in [7, 11) is 0. The van der Waals surface area contributed by atoms with E-state index in [-0.39, 0.29) is 5.97 Å². The quantitative estimate of drug-likeness (QED) is 0.527. The minimum Gasteiger partial charge on any atom is -0.466 e. The second-order valence-corrected chi connectivity index (χ2v) is 4.78. The van der Waals surface area contributed by atoms with Crippen molar-refractivity contribution < 1.29 is 9.53 Å². The lowest BCUT2D eigenvalue weighted by Crippen LogP contribution is -2.33. The maximum atomic E-state index is 11.1. The summed E-state index contributed by atoms with van der Waals surface area (Å²) in [5, 5.41) is 0. The van der Waals surface area contributed by atoms with Gasteiger partial charge < -0.3 is 9.64 Å². The summed E-state index contributed by atoms with van der Waals surface area (Å²) in [4.78, 5) is 13.6. The molecule has 1 aliphatic rings. The lowest BCUT2D eigenvalue weighted by atomic mass is 10.1. The Morgan fingerprint density at radius 3 is 2.71 bits per heavy atom. The van der Waals surface area contributed by atoms with Crippen LogP contribution in [-0.2, 0) is 9.53 Å². The van der Waals surface area contributed by atoms with E-state index < -0.39 is 0 Å². The van der Waals surface area contributed by atoms with Crippen LogP contribution >= 0.6 is 0 Å². The van der Waals surface area contributed by atoms with Crippen molar-refractivity contribution in [2.24, 2.45) is 5.92 Å².